The number of sulfonamides is 2. The first-order valence-electron chi connectivity index (χ1n) is 7.91. The Labute approximate surface area is 166 Å². The van der Waals surface area contributed by atoms with Crippen molar-refractivity contribution in [3.63, 3.8) is 0 Å². The summed E-state index contributed by atoms with van der Waals surface area (Å²) in [7, 11) is -8.69. The minimum Gasteiger partial charge on any atom is -0.279 e. The maximum absolute atomic E-state index is 13.8. The summed E-state index contributed by atoms with van der Waals surface area (Å²) in [5.41, 5.74) is -0.251. The standard InChI is InChI=1S/C16H16ClF3N2O4S2/c1-3-22(4-2)28(25,26)14-9-10(5-6-11(14)17)21-27(23,24)13-8-7-12(18)15(19)16(13)20/h5-9,21H,3-4H2,1-2H3. The second-order valence-corrected chi connectivity index (χ2v) is 9.48. The topological polar surface area (TPSA) is 83.6 Å². The first kappa shape index (κ1) is 22.5. The van der Waals surface area contributed by atoms with Crippen molar-refractivity contribution in [1.29, 1.82) is 0 Å². The molecular weight excluding hydrogens is 441 g/mol. The lowest BCUT2D eigenvalue weighted by molar-refractivity contribution is 0.432. The van der Waals surface area contributed by atoms with E-state index in [4.69, 9.17) is 11.6 Å². The second-order valence-electron chi connectivity index (χ2n) is 5.51. The number of rotatable bonds is 7. The van der Waals surface area contributed by atoms with E-state index in [-0.39, 0.29) is 28.7 Å². The fourth-order valence-corrected chi connectivity index (χ4v) is 5.47. The average molecular weight is 457 g/mol. The van der Waals surface area contributed by atoms with Crippen LogP contribution in [0.1, 0.15) is 13.8 Å². The minimum absolute atomic E-state index is 0.145. The first-order chi connectivity index (χ1) is 13.0. The maximum atomic E-state index is 13.8. The summed E-state index contributed by atoms with van der Waals surface area (Å²) >= 11 is 5.96. The molecule has 0 saturated carbocycles. The molecule has 0 spiro atoms. The molecule has 2 aromatic carbocycles. The highest BCUT2D eigenvalue weighted by molar-refractivity contribution is 7.92. The van der Waals surface area contributed by atoms with Gasteiger partial charge < -0.3 is 0 Å². The van der Waals surface area contributed by atoms with E-state index in [1.807, 2.05) is 4.72 Å². The van der Waals surface area contributed by atoms with Crippen LogP contribution in [0.3, 0.4) is 0 Å². The van der Waals surface area contributed by atoms with Crippen LogP contribution in [0, 0.1) is 17.5 Å². The van der Waals surface area contributed by atoms with Crippen LogP contribution < -0.4 is 4.72 Å². The molecule has 12 heteroatoms. The summed E-state index contributed by atoms with van der Waals surface area (Å²) in [6.07, 6.45) is 0. The van der Waals surface area contributed by atoms with Crippen LogP contribution in [-0.4, -0.2) is 34.2 Å². The van der Waals surface area contributed by atoms with E-state index in [0.717, 1.165) is 22.5 Å². The van der Waals surface area contributed by atoms with Crippen molar-refractivity contribution >= 4 is 37.3 Å². The highest BCUT2D eigenvalue weighted by Crippen LogP contribution is 2.29. The molecule has 1 N–H and O–H groups in total. The molecule has 0 unspecified atom stereocenters. The predicted octanol–water partition coefficient (Wildman–Crippen LogP) is 3.59. The summed E-state index contributed by atoms with van der Waals surface area (Å²) in [5, 5.41) is -0.145. The highest BCUT2D eigenvalue weighted by Gasteiger charge is 2.27. The Balaban J connectivity index is 2.50. The van der Waals surface area contributed by atoms with E-state index in [0.29, 0.717) is 12.1 Å². The molecule has 2 rings (SSSR count). The van der Waals surface area contributed by atoms with Crippen molar-refractivity contribution in [1.82, 2.24) is 4.31 Å². The lowest BCUT2D eigenvalue weighted by Gasteiger charge is -2.20. The monoisotopic (exact) mass is 456 g/mol. The van der Waals surface area contributed by atoms with Crippen LogP contribution in [0.2, 0.25) is 5.02 Å². The normalized spacial score (nSPS) is 12.4. The van der Waals surface area contributed by atoms with Gasteiger partial charge in [0, 0.05) is 13.1 Å². The van der Waals surface area contributed by atoms with E-state index in [2.05, 4.69) is 0 Å². The van der Waals surface area contributed by atoms with Crippen LogP contribution in [0.4, 0.5) is 18.9 Å². The van der Waals surface area contributed by atoms with Crippen LogP contribution in [0.5, 0.6) is 0 Å². The Kier molecular flexibility index (Phi) is 6.64. The predicted molar refractivity (Wildman–Crippen MR) is 98.7 cm³/mol. The number of hydrogen-bond acceptors (Lipinski definition) is 4. The van der Waals surface area contributed by atoms with Gasteiger partial charge in [0.15, 0.2) is 17.5 Å². The molecule has 0 aromatic heterocycles. The molecule has 6 nitrogen and oxygen atoms in total. The Bertz CT molecular complexity index is 1110. The summed E-state index contributed by atoms with van der Waals surface area (Å²) in [4.78, 5) is -1.49. The fraction of sp³-hybridized carbons (Fsp3) is 0.250. The van der Waals surface area contributed by atoms with Crippen molar-refractivity contribution in [2.24, 2.45) is 0 Å². The molecule has 0 aliphatic rings. The molecule has 0 saturated heterocycles. The van der Waals surface area contributed by atoms with Gasteiger partial charge in [0.2, 0.25) is 10.0 Å². The Morgan fingerprint density at radius 2 is 1.54 bits per heavy atom. The third-order valence-electron chi connectivity index (χ3n) is 3.80. The van der Waals surface area contributed by atoms with Gasteiger partial charge >= 0.3 is 0 Å². The Hall–Kier alpha value is -1.82. The molecule has 2 aromatic rings. The Morgan fingerprint density at radius 3 is 2.11 bits per heavy atom. The van der Waals surface area contributed by atoms with Crippen molar-refractivity contribution in [2.75, 3.05) is 17.8 Å². The van der Waals surface area contributed by atoms with E-state index in [1.165, 1.54) is 0 Å². The third kappa shape index (κ3) is 4.27. The second kappa shape index (κ2) is 8.27. The molecule has 28 heavy (non-hydrogen) atoms. The Morgan fingerprint density at radius 1 is 0.929 bits per heavy atom. The summed E-state index contributed by atoms with van der Waals surface area (Å²) in [6.45, 7) is 3.55. The molecule has 0 radical (unpaired) electrons. The number of nitrogens with zero attached hydrogens (tertiary/aromatic N) is 1. The molecular formula is C16H16ClF3N2O4S2. The van der Waals surface area contributed by atoms with E-state index in [9.17, 15) is 30.0 Å². The number of hydrogen-bond donors (Lipinski definition) is 1. The van der Waals surface area contributed by atoms with Gasteiger partial charge in [0.1, 0.15) is 9.79 Å². The van der Waals surface area contributed by atoms with Crippen molar-refractivity contribution in [3.05, 3.63) is 52.8 Å². The molecule has 0 amide bonds. The van der Waals surface area contributed by atoms with Gasteiger partial charge in [-0.15, -0.1) is 0 Å². The summed E-state index contributed by atoms with van der Waals surface area (Å²) in [6, 6.07) is 4.28. The van der Waals surface area contributed by atoms with Gasteiger partial charge in [-0.2, -0.15) is 4.31 Å². The van der Waals surface area contributed by atoms with Crippen LogP contribution >= 0.6 is 11.6 Å². The quantitative estimate of drug-likeness (QED) is 0.645. The molecule has 0 atom stereocenters. The van der Waals surface area contributed by atoms with Crippen LogP contribution in [0.15, 0.2) is 40.1 Å². The maximum Gasteiger partial charge on any atom is 0.264 e. The van der Waals surface area contributed by atoms with Gasteiger partial charge in [-0.25, -0.2) is 30.0 Å². The zero-order valence-corrected chi connectivity index (χ0v) is 17.1. The fourth-order valence-electron chi connectivity index (χ4n) is 2.39. The van der Waals surface area contributed by atoms with E-state index < -0.39 is 42.4 Å². The highest BCUT2D eigenvalue weighted by atomic mass is 35.5. The van der Waals surface area contributed by atoms with Gasteiger partial charge in [0.25, 0.3) is 10.0 Å². The van der Waals surface area contributed by atoms with Crippen LogP contribution in [0.25, 0.3) is 0 Å². The van der Waals surface area contributed by atoms with Crippen molar-refractivity contribution in [2.45, 2.75) is 23.6 Å². The summed E-state index contributed by atoms with van der Waals surface area (Å²) < 4.78 is 93.3. The van der Waals surface area contributed by atoms with Gasteiger partial charge in [-0.1, -0.05) is 25.4 Å². The van der Waals surface area contributed by atoms with E-state index in [1.54, 1.807) is 13.8 Å². The van der Waals surface area contributed by atoms with Gasteiger partial charge in [-0.05, 0) is 30.3 Å². The van der Waals surface area contributed by atoms with Crippen LogP contribution in [-0.2, 0) is 20.0 Å². The van der Waals surface area contributed by atoms with Gasteiger partial charge in [0.05, 0.1) is 10.7 Å². The van der Waals surface area contributed by atoms with Crippen molar-refractivity contribution in [3.8, 4) is 0 Å². The molecule has 154 valence electrons. The third-order valence-corrected chi connectivity index (χ3v) is 7.73. The molecule has 0 fully saturated rings. The lowest BCUT2D eigenvalue weighted by atomic mass is 10.3. The number of benzene rings is 2. The first-order valence-corrected chi connectivity index (χ1v) is 11.2. The zero-order chi connectivity index (χ0) is 21.3. The lowest BCUT2D eigenvalue weighted by Crippen LogP contribution is -2.30. The van der Waals surface area contributed by atoms with E-state index >= 15 is 0 Å². The number of halogens is 4. The zero-order valence-electron chi connectivity index (χ0n) is 14.7. The number of nitrogens with one attached hydrogen (secondary N) is 1. The summed E-state index contributed by atoms with van der Waals surface area (Å²) in [5.74, 6) is -5.38. The van der Waals surface area contributed by atoms with Crippen molar-refractivity contribution < 1.29 is 30.0 Å². The molecule has 0 bridgehead atoms. The molecule has 0 aliphatic carbocycles. The average Bonchev–Trinajstić information content (AvgIpc) is 2.61. The smallest absolute Gasteiger partial charge is 0.264 e. The van der Waals surface area contributed by atoms with Gasteiger partial charge in [-0.3, -0.25) is 4.72 Å². The number of anilines is 1. The molecule has 0 heterocycles. The largest absolute Gasteiger partial charge is 0.279 e. The SMILES string of the molecule is CCN(CC)S(=O)(=O)c1cc(NS(=O)(=O)c2ccc(F)c(F)c2F)ccc1Cl. The minimum atomic E-state index is -4.67. The molecule has 0 aliphatic heterocycles.